The lowest BCUT2D eigenvalue weighted by Gasteiger charge is -2.09. The zero-order valence-electron chi connectivity index (χ0n) is 15.4. The van der Waals surface area contributed by atoms with E-state index < -0.39 is 16.8 Å². The zero-order chi connectivity index (χ0) is 19.1. The van der Waals surface area contributed by atoms with Crippen LogP contribution in [-0.4, -0.2) is 10.9 Å². The summed E-state index contributed by atoms with van der Waals surface area (Å²) in [6.07, 6.45) is 7.06. The second-order valence-corrected chi connectivity index (χ2v) is 6.53. The Kier molecular flexibility index (Phi) is 7.18. The summed E-state index contributed by atoms with van der Waals surface area (Å²) in [7, 11) is 0. The van der Waals surface area contributed by atoms with Crippen molar-refractivity contribution in [3.05, 3.63) is 38.0 Å². The second-order valence-electron chi connectivity index (χ2n) is 6.53. The molecule has 0 bridgehead atoms. The molecule has 2 aromatic rings. The monoisotopic (exact) mass is 362 g/mol. The molecule has 0 saturated heterocycles. The first-order valence-electron chi connectivity index (χ1n) is 9.35. The maximum Gasteiger partial charge on any atom is 0.342 e. The number of rotatable bonds is 10. The van der Waals surface area contributed by atoms with Crippen molar-refractivity contribution in [2.45, 2.75) is 71.6 Å². The van der Waals surface area contributed by atoms with Crippen molar-refractivity contribution >= 4 is 16.9 Å². The highest BCUT2D eigenvalue weighted by atomic mass is 16.5. The summed E-state index contributed by atoms with van der Waals surface area (Å²) in [6, 6.07) is 0.811. The van der Waals surface area contributed by atoms with E-state index in [0.29, 0.717) is 12.8 Å². The molecule has 6 nitrogen and oxygen atoms in total. The quantitative estimate of drug-likeness (QED) is 0.499. The Balaban J connectivity index is 2.49. The SMILES string of the molecule is CCCCCCc1oc2oc(=O)cc(O)c2c(=O)c1C(=O)CCCCC. The summed E-state index contributed by atoms with van der Waals surface area (Å²) < 4.78 is 10.5. The predicted octanol–water partition coefficient (Wildman–Crippen LogP) is 4.34. The third-order valence-electron chi connectivity index (χ3n) is 4.40. The number of Topliss-reactive ketones (excluding diaryl/α,β-unsaturated/α-hetero) is 1. The molecule has 0 aromatic carbocycles. The van der Waals surface area contributed by atoms with Crippen LogP contribution in [0.25, 0.3) is 11.2 Å². The van der Waals surface area contributed by atoms with Crippen LogP contribution in [0, 0.1) is 0 Å². The van der Waals surface area contributed by atoms with Gasteiger partial charge in [0.1, 0.15) is 22.5 Å². The van der Waals surface area contributed by atoms with Crippen molar-refractivity contribution in [2.24, 2.45) is 0 Å². The van der Waals surface area contributed by atoms with Gasteiger partial charge in [-0.05, 0) is 12.8 Å². The van der Waals surface area contributed by atoms with E-state index in [2.05, 4.69) is 6.92 Å². The molecule has 26 heavy (non-hydrogen) atoms. The Morgan fingerprint density at radius 3 is 2.38 bits per heavy atom. The smallest absolute Gasteiger partial charge is 0.342 e. The van der Waals surface area contributed by atoms with Crippen molar-refractivity contribution in [1.29, 1.82) is 0 Å². The Morgan fingerprint density at radius 2 is 1.69 bits per heavy atom. The van der Waals surface area contributed by atoms with Crippen LogP contribution in [-0.2, 0) is 6.42 Å². The molecule has 0 radical (unpaired) electrons. The van der Waals surface area contributed by atoms with E-state index in [1.807, 2.05) is 6.92 Å². The molecule has 0 saturated carbocycles. The van der Waals surface area contributed by atoms with Crippen molar-refractivity contribution in [2.75, 3.05) is 0 Å². The first kappa shape index (κ1) is 19.9. The van der Waals surface area contributed by atoms with Crippen molar-refractivity contribution in [3.63, 3.8) is 0 Å². The van der Waals surface area contributed by atoms with Crippen molar-refractivity contribution in [1.82, 2.24) is 0 Å². The van der Waals surface area contributed by atoms with Crippen LogP contribution in [0.3, 0.4) is 0 Å². The molecular weight excluding hydrogens is 336 g/mol. The normalized spacial score (nSPS) is 11.2. The molecule has 0 spiro atoms. The Labute approximate surface area is 151 Å². The highest BCUT2D eigenvalue weighted by molar-refractivity contribution is 5.99. The molecule has 0 aliphatic rings. The maximum absolute atomic E-state index is 12.8. The van der Waals surface area contributed by atoms with Gasteiger partial charge in [-0.3, -0.25) is 9.59 Å². The molecule has 0 fully saturated rings. The molecule has 142 valence electrons. The topological polar surface area (TPSA) is 97.7 Å². The maximum atomic E-state index is 12.8. The fourth-order valence-electron chi connectivity index (χ4n) is 2.99. The molecule has 0 amide bonds. The third-order valence-corrected chi connectivity index (χ3v) is 4.40. The van der Waals surface area contributed by atoms with Crippen molar-refractivity contribution in [3.8, 4) is 5.75 Å². The van der Waals surface area contributed by atoms with Crippen LogP contribution >= 0.6 is 0 Å². The molecular formula is C20H26O6. The lowest BCUT2D eigenvalue weighted by molar-refractivity contribution is 0.0974. The summed E-state index contributed by atoms with van der Waals surface area (Å²) in [5, 5.41) is 9.71. The molecule has 0 atom stereocenters. The van der Waals surface area contributed by atoms with E-state index in [9.17, 15) is 19.5 Å². The van der Waals surface area contributed by atoms with Crippen LogP contribution < -0.4 is 11.1 Å². The summed E-state index contributed by atoms with van der Waals surface area (Å²) >= 11 is 0. The number of aromatic hydroxyl groups is 1. The average molecular weight is 362 g/mol. The third kappa shape index (κ3) is 4.62. The number of unbranched alkanes of at least 4 members (excludes halogenated alkanes) is 5. The fraction of sp³-hybridized carbons (Fsp3) is 0.550. The van der Waals surface area contributed by atoms with E-state index in [4.69, 9.17) is 8.83 Å². The summed E-state index contributed by atoms with van der Waals surface area (Å²) in [6.45, 7) is 4.13. The number of carbonyl (C=O) groups is 1. The van der Waals surface area contributed by atoms with Gasteiger partial charge in [-0.1, -0.05) is 46.0 Å². The van der Waals surface area contributed by atoms with Crippen LogP contribution in [0.2, 0.25) is 0 Å². The van der Waals surface area contributed by atoms with Gasteiger partial charge < -0.3 is 13.9 Å². The Bertz CT molecular complexity index is 874. The molecule has 0 unspecified atom stereocenters. The molecule has 2 heterocycles. The first-order valence-corrected chi connectivity index (χ1v) is 9.35. The van der Waals surface area contributed by atoms with E-state index in [1.54, 1.807) is 0 Å². The number of ketones is 1. The minimum atomic E-state index is -0.808. The highest BCUT2D eigenvalue weighted by Crippen LogP contribution is 2.24. The summed E-state index contributed by atoms with van der Waals surface area (Å²) in [4.78, 5) is 36.9. The molecule has 6 heteroatoms. The lowest BCUT2D eigenvalue weighted by atomic mass is 9.99. The predicted molar refractivity (Wildman–Crippen MR) is 99.0 cm³/mol. The van der Waals surface area contributed by atoms with Gasteiger partial charge in [0.05, 0.1) is 6.07 Å². The lowest BCUT2D eigenvalue weighted by Crippen LogP contribution is -2.19. The van der Waals surface area contributed by atoms with Gasteiger partial charge in [0, 0.05) is 12.8 Å². The van der Waals surface area contributed by atoms with E-state index >= 15 is 0 Å². The molecule has 1 N–H and O–H groups in total. The largest absolute Gasteiger partial charge is 0.507 e. The minimum Gasteiger partial charge on any atom is -0.507 e. The Morgan fingerprint density at radius 1 is 1.00 bits per heavy atom. The van der Waals surface area contributed by atoms with Gasteiger partial charge in [0.25, 0.3) is 0 Å². The summed E-state index contributed by atoms with van der Waals surface area (Å²) in [5.74, 6) is -0.889. The standard InChI is InChI=1S/C20H26O6/c1-3-5-7-9-11-15-17(13(21)10-8-6-4-2)19(24)18-14(22)12-16(23)26-20(18)25-15/h12,22H,3-11H2,1-2H3. The van der Waals surface area contributed by atoms with E-state index in [1.165, 1.54) is 0 Å². The first-order chi connectivity index (χ1) is 12.5. The van der Waals surface area contributed by atoms with Crippen molar-refractivity contribution < 1.29 is 18.7 Å². The van der Waals surface area contributed by atoms with Gasteiger partial charge in [-0.15, -0.1) is 0 Å². The number of aryl methyl sites for hydroxylation is 1. The zero-order valence-corrected chi connectivity index (χ0v) is 15.4. The Hall–Kier alpha value is -2.37. The second kappa shape index (κ2) is 9.36. The molecule has 0 aliphatic carbocycles. The number of hydrogen-bond acceptors (Lipinski definition) is 6. The molecule has 2 rings (SSSR count). The van der Waals surface area contributed by atoms with Gasteiger partial charge in [0.15, 0.2) is 5.78 Å². The number of carbonyl (C=O) groups excluding carboxylic acids is 1. The van der Waals surface area contributed by atoms with Crippen LogP contribution in [0.5, 0.6) is 5.75 Å². The minimum absolute atomic E-state index is 0.0192. The van der Waals surface area contributed by atoms with Gasteiger partial charge >= 0.3 is 11.4 Å². The van der Waals surface area contributed by atoms with Gasteiger partial charge in [0.2, 0.25) is 5.43 Å². The molecule has 0 aliphatic heterocycles. The van der Waals surface area contributed by atoms with E-state index in [0.717, 1.165) is 44.6 Å². The number of fused-ring (bicyclic) bond motifs is 1. The number of hydrogen-bond donors (Lipinski definition) is 1. The average Bonchev–Trinajstić information content (AvgIpc) is 2.58. The van der Waals surface area contributed by atoms with Gasteiger partial charge in [-0.2, -0.15) is 0 Å². The van der Waals surface area contributed by atoms with Crippen LogP contribution in [0.15, 0.2) is 24.5 Å². The summed E-state index contributed by atoms with van der Waals surface area (Å²) in [5.41, 5.74) is -1.45. The van der Waals surface area contributed by atoms with E-state index in [-0.39, 0.29) is 34.7 Å². The van der Waals surface area contributed by atoms with Crippen LogP contribution in [0.1, 0.15) is 81.3 Å². The van der Waals surface area contributed by atoms with Crippen LogP contribution in [0.4, 0.5) is 0 Å². The molecule has 2 aromatic heterocycles. The highest BCUT2D eigenvalue weighted by Gasteiger charge is 2.23. The fourth-order valence-corrected chi connectivity index (χ4v) is 2.99. The van der Waals surface area contributed by atoms with Gasteiger partial charge in [-0.25, -0.2) is 4.79 Å².